The van der Waals surface area contributed by atoms with Gasteiger partial charge in [-0.3, -0.25) is 4.79 Å². The first-order chi connectivity index (χ1) is 12.5. The lowest BCUT2D eigenvalue weighted by atomic mass is 9.98. The maximum atomic E-state index is 12.9. The van der Waals surface area contributed by atoms with Crippen molar-refractivity contribution in [2.24, 2.45) is 0 Å². The summed E-state index contributed by atoms with van der Waals surface area (Å²) in [5, 5.41) is 13.8. The molecule has 1 saturated carbocycles. The van der Waals surface area contributed by atoms with Gasteiger partial charge in [-0.25, -0.2) is 4.98 Å². The van der Waals surface area contributed by atoms with Crippen LogP contribution in [-0.4, -0.2) is 23.1 Å². The number of aromatic hydroxyl groups is 1. The molecule has 5 nitrogen and oxygen atoms in total. The average molecular weight is 348 g/mol. The monoisotopic (exact) mass is 348 g/mol. The highest BCUT2D eigenvalue weighted by Gasteiger charge is 2.46. The Bertz CT molecular complexity index is 1010. The number of benzene rings is 2. The molecule has 0 atom stereocenters. The minimum atomic E-state index is -0.384. The fourth-order valence-electron chi connectivity index (χ4n) is 3.41. The maximum absolute atomic E-state index is 12.9. The lowest BCUT2D eigenvalue weighted by Crippen LogP contribution is -2.35. The van der Waals surface area contributed by atoms with E-state index in [9.17, 15) is 9.90 Å². The van der Waals surface area contributed by atoms with Crippen molar-refractivity contribution < 1.29 is 14.6 Å². The van der Waals surface area contributed by atoms with E-state index in [1.165, 1.54) is 0 Å². The lowest BCUT2D eigenvalue weighted by molar-refractivity contribution is 0.0930. The van der Waals surface area contributed by atoms with Crippen molar-refractivity contribution in [3.8, 4) is 11.6 Å². The van der Waals surface area contributed by atoms with Crippen molar-refractivity contribution in [2.45, 2.75) is 25.3 Å². The molecule has 132 valence electrons. The molecule has 0 saturated heterocycles. The van der Waals surface area contributed by atoms with Gasteiger partial charge in [0.25, 0.3) is 5.91 Å². The van der Waals surface area contributed by atoms with E-state index in [4.69, 9.17) is 4.74 Å². The molecule has 2 N–H and O–H groups in total. The molecule has 0 bridgehead atoms. The van der Waals surface area contributed by atoms with E-state index in [-0.39, 0.29) is 17.3 Å². The number of methoxy groups -OCH3 is 1. The first kappa shape index (κ1) is 16.4. The zero-order valence-electron chi connectivity index (χ0n) is 14.7. The summed E-state index contributed by atoms with van der Waals surface area (Å²) in [7, 11) is 1.59. The predicted octanol–water partition coefficient (Wildman–Crippen LogP) is 3.68. The Morgan fingerprint density at radius 1 is 1.19 bits per heavy atom. The van der Waals surface area contributed by atoms with Gasteiger partial charge in [0.05, 0.1) is 18.2 Å². The summed E-state index contributed by atoms with van der Waals surface area (Å²) in [5.74, 6) is 0.550. The number of carbonyl (C=O) groups excluding carboxylic acids is 1. The van der Waals surface area contributed by atoms with Gasteiger partial charge in [-0.05, 0) is 55.2 Å². The highest BCUT2D eigenvalue weighted by Crippen LogP contribution is 2.48. The lowest BCUT2D eigenvalue weighted by Gasteiger charge is -2.21. The van der Waals surface area contributed by atoms with Crippen molar-refractivity contribution in [2.75, 3.05) is 7.11 Å². The molecule has 0 spiro atoms. The molecule has 1 aromatic heterocycles. The van der Waals surface area contributed by atoms with Gasteiger partial charge in [0.15, 0.2) is 0 Å². The van der Waals surface area contributed by atoms with Crippen LogP contribution < -0.4 is 10.1 Å². The van der Waals surface area contributed by atoms with E-state index in [1.54, 1.807) is 19.2 Å². The predicted molar refractivity (Wildman–Crippen MR) is 99.5 cm³/mol. The summed E-state index contributed by atoms with van der Waals surface area (Å²) in [6.07, 6.45) is 1.75. The van der Waals surface area contributed by atoms with Gasteiger partial charge in [0.2, 0.25) is 5.88 Å². The third kappa shape index (κ3) is 2.75. The summed E-state index contributed by atoms with van der Waals surface area (Å²) in [5.41, 5.74) is 2.90. The molecule has 3 aromatic rings. The van der Waals surface area contributed by atoms with E-state index in [0.717, 1.165) is 34.9 Å². The molecule has 1 fully saturated rings. The van der Waals surface area contributed by atoms with Crippen molar-refractivity contribution in [3.05, 3.63) is 65.2 Å². The van der Waals surface area contributed by atoms with E-state index in [0.29, 0.717) is 11.3 Å². The van der Waals surface area contributed by atoms with Gasteiger partial charge in [-0.1, -0.05) is 18.2 Å². The van der Waals surface area contributed by atoms with Crippen molar-refractivity contribution in [3.63, 3.8) is 0 Å². The van der Waals surface area contributed by atoms with Gasteiger partial charge in [-0.2, -0.15) is 0 Å². The van der Waals surface area contributed by atoms with Crippen molar-refractivity contribution in [1.29, 1.82) is 0 Å². The van der Waals surface area contributed by atoms with Gasteiger partial charge in [-0.15, -0.1) is 0 Å². The third-order valence-electron chi connectivity index (χ3n) is 5.02. The summed E-state index contributed by atoms with van der Waals surface area (Å²) in [4.78, 5) is 17.1. The number of hydrogen-bond acceptors (Lipinski definition) is 4. The topological polar surface area (TPSA) is 71.5 Å². The molecule has 1 amide bonds. The second-order valence-corrected chi connectivity index (χ2v) is 6.76. The van der Waals surface area contributed by atoms with Crippen molar-refractivity contribution >= 4 is 16.8 Å². The zero-order valence-corrected chi connectivity index (χ0v) is 14.7. The summed E-state index contributed by atoms with van der Waals surface area (Å²) < 4.78 is 5.25. The molecule has 0 aliphatic heterocycles. The second kappa shape index (κ2) is 6.02. The Morgan fingerprint density at radius 3 is 2.73 bits per heavy atom. The fraction of sp³-hybridized carbons (Fsp3) is 0.238. The minimum Gasteiger partial charge on any atom is -0.497 e. The molecule has 4 rings (SSSR count). The van der Waals surface area contributed by atoms with Gasteiger partial charge in [0, 0.05) is 17.0 Å². The number of fused-ring (bicyclic) bond motifs is 1. The highest BCUT2D eigenvalue weighted by molar-refractivity contribution is 5.97. The van der Waals surface area contributed by atoms with E-state index in [1.807, 2.05) is 43.3 Å². The van der Waals surface area contributed by atoms with Crippen LogP contribution in [0.3, 0.4) is 0 Å². The summed E-state index contributed by atoms with van der Waals surface area (Å²) in [6.45, 7) is 1.92. The zero-order chi connectivity index (χ0) is 18.3. The smallest absolute Gasteiger partial charge is 0.252 e. The Hall–Kier alpha value is -3.08. The molecule has 1 aliphatic rings. The number of nitrogens with one attached hydrogen (secondary N) is 1. The first-order valence-corrected chi connectivity index (χ1v) is 8.59. The number of amides is 1. The Labute approximate surface area is 151 Å². The van der Waals surface area contributed by atoms with Crippen LogP contribution >= 0.6 is 0 Å². The quantitative estimate of drug-likeness (QED) is 0.754. The van der Waals surface area contributed by atoms with Gasteiger partial charge < -0.3 is 15.2 Å². The number of aromatic nitrogens is 1. The molecule has 2 aromatic carbocycles. The van der Waals surface area contributed by atoms with E-state index < -0.39 is 0 Å². The molecule has 5 heteroatoms. The normalized spacial score (nSPS) is 14.8. The van der Waals surface area contributed by atoms with Crippen LogP contribution in [0, 0.1) is 6.92 Å². The number of carbonyl (C=O) groups is 1. The van der Waals surface area contributed by atoms with E-state index in [2.05, 4.69) is 10.3 Å². The number of aryl methyl sites for hydroxylation is 1. The minimum absolute atomic E-state index is 0.00413. The number of rotatable bonds is 4. The number of nitrogens with zero attached hydrogens (tertiary/aromatic N) is 1. The Kier molecular flexibility index (Phi) is 3.80. The summed E-state index contributed by atoms with van der Waals surface area (Å²) in [6, 6.07) is 14.7. The molecule has 0 radical (unpaired) electrons. The number of pyridine rings is 1. The standard InChI is InChI=1S/C21H20N2O3/c1-13-6-7-14(26-2)12-16(13)20(25)23-21(10-11-21)17-4-3-5-18-15(17)8-9-19(24)22-18/h3-9,12H,10-11H2,1-2H3,(H,22,24)(H,23,25). The number of hydrogen-bond donors (Lipinski definition) is 2. The van der Waals surface area contributed by atoms with Crippen LogP contribution in [0.5, 0.6) is 11.6 Å². The number of ether oxygens (including phenoxy) is 1. The van der Waals surface area contributed by atoms with Gasteiger partial charge >= 0.3 is 0 Å². The van der Waals surface area contributed by atoms with Crippen LogP contribution in [-0.2, 0) is 5.54 Å². The fourth-order valence-corrected chi connectivity index (χ4v) is 3.41. The second-order valence-electron chi connectivity index (χ2n) is 6.76. The molecule has 1 aliphatic carbocycles. The maximum Gasteiger partial charge on any atom is 0.252 e. The first-order valence-electron chi connectivity index (χ1n) is 8.59. The molecular formula is C21H20N2O3. The largest absolute Gasteiger partial charge is 0.497 e. The molecule has 1 heterocycles. The Morgan fingerprint density at radius 2 is 2.00 bits per heavy atom. The molecule has 0 unspecified atom stereocenters. The van der Waals surface area contributed by atoms with Crippen LogP contribution in [0.15, 0.2) is 48.5 Å². The highest BCUT2D eigenvalue weighted by atomic mass is 16.5. The van der Waals surface area contributed by atoms with Crippen molar-refractivity contribution in [1.82, 2.24) is 10.3 Å². The van der Waals surface area contributed by atoms with Crippen LogP contribution in [0.4, 0.5) is 0 Å². The van der Waals surface area contributed by atoms with Gasteiger partial charge in [0.1, 0.15) is 5.75 Å². The SMILES string of the molecule is COc1ccc(C)c(C(=O)NC2(c3cccc4nc(O)ccc34)CC2)c1. The van der Waals surface area contributed by atoms with Crippen LogP contribution in [0.25, 0.3) is 10.9 Å². The van der Waals surface area contributed by atoms with E-state index >= 15 is 0 Å². The third-order valence-corrected chi connectivity index (χ3v) is 5.02. The average Bonchev–Trinajstić information content (AvgIpc) is 3.41. The molecular weight excluding hydrogens is 328 g/mol. The summed E-state index contributed by atoms with van der Waals surface area (Å²) >= 11 is 0. The molecule has 26 heavy (non-hydrogen) atoms. The van der Waals surface area contributed by atoms with Crippen LogP contribution in [0.2, 0.25) is 0 Å². The Balaban J connectivity index is 1.70. The van der Waals surface area contributed by atoms with Crippen LogP contribution in [0.1, 0.15) is 34.3 Å².